The number of amides is 1. The van der Waals surface area contributed by atoms with Crippen LogP contribution in [0.1, 0.15) is 11.1 Å². The molecule has 3 rings (SSSR count). The highest BCUT2D eigenvalue weighted by Gasteiger charge is 2.28. The van der Waals surface area contributed by atoms with E-state index in [2.05, 4.69) is 21.2 Å². The fraction of sp³-hybridized carbons (Fsp3) is 0.235. The number of phenols is 1. The first kappa shape index (κ1) is 15.7. The van der Waals surface area contributed by atoms with Crippen molar-refractivity contribution in [2.45, 2.75) is 19.1 Å². The lowest BCUT2D eigenvalue weighted by atomic mass is 10.1. The summed E-state index contributed by atoms with van der Waals surface area (Å²) in [7, 11) is 1.49. The Hall–Kier alpha value is -2.21. The molecular weight excluding hydrogens is 362 g/mol. The summed E-state index contributed by atoms with van der Waals surface area (Å²) < 4.78 is 11.7. The molecule has 1 aliphatic heterocycles. The van der Waals surface area contributed by atoms with Crippen molar-refractivity contribution in [2.75, 3.05) is 7.11 Å². The molecule has 0 fully saturated rings. The minimum absolute atomic E-state index is 0.0720. The number of carbonyl (C=O) groups is 1. The van der Waals surface area contributed by atoms with Crippen molar-refractivity contribution in [1.82, 2.24) is 5.32 Å². The predicted octanol–water partition coefficient (Wildman–Crippen LogP) is 2.78. The van der Waals surface area contributed by atoms with Crippen molar-refractivity contribution in [2.24, 2.45) is 0 Å². The van der Waals surface area contributed by atoms with E-state index in [0.29, 0.717) is 18.7 Å². The second-order valence-corrected chi connectivity index (χ2v) is 6.20. The van der Waals surface area contributed by atoms with Gasteiger partial charge in [-0.3, -0.25) is 4.79 Å². The molecule has 120 valence electrons. The van der Waals surface area contributed by atoms with Gasteiger partial charge in [0.1, 0.15) is 5.75 Å². The first-order chi connectivity index (χ1) is 11.1. The van der Waals surface area contributed by atoms with Gasteiger partial charge in [-0.25, -0.2) is 0 Å². The van der Waals surface area contributed by atoms with Crippen molar-refractivity contribution < 1.29 is 19.4 Å². The minimum Gasteiger partial charge on any atom is -0.504 e. The lowest BCUT2D eigenvalue weighted by Gasteiger charge is -2.12. The number of nitrogens with one attached hydrogen (secondary N) is 1. The molecule has 0 aromatic heterocycles. The Kier molecular flexibility index (Phi) is 4.43. The molecular formula is C17H16BrNO4. The van der Waals surface area contributed by atoms with Crippen molar-refractivity contribution in [1.29, 1.82) is 0 Å². The van der Waals surface area contributed by atoms with Crippen LogP contribution in [0.25, 0.3) is 0 Å². The largest absolute Gasteiger partial charge is 0.504 e. The molecule has 2 aromatic carbocycles. The van der Waals surface area contributed by atoms with E-state index in [1.54, 1.807) is 18.2 Å². The third-order valence-corrected chi connectivity index (χ3v) is 4.19. The maximum atomic E-state index is 12.3. The van der Waals surface area contributed by atoms with Gasteiger partial charge in [-0.2, -0.15) is 0 Å². The van der Waals surface area contributed by atoms with Gasteiger partial charge in [-0.15, -0.1) is 0 Å². The first-order valence-corrected chi connectivity index (χ1v) is 7.95. The maximum absolute atomic E-state index is 12.3. The predicted molar refractivity (Wildman–Crippen MR) is 88.8 cm³/mol. The zero-order valence-corrected chi connectivity index (χ0v) is 14.1. The quantitative estimate of drug-likeness (QED) is 0.859. The van der Waals surface area contributed by atoms with Crippen LogP contribution >= 0.6 is 15.9 Å². The third-order valence-electron chi connectivity index (χ3n) is 3.70. The van der Waals surface area contributed by atoms with E-state index >= 15 is 0 Å². The van der Waals surface area contributed by atoms with Crippen molar-refractivity contribution in [3.63, 3.8) is 0 Å². The molecule has 0 spiro atoms. The lowest BCUT2D eigenvalue weighted by Crippen LogP contribution is -2.37. The average molecular weight is 378 g/mol. The zero-order valence-electron chi connectivity index (χ0n) is 12.5. The highest BCUT2D eigenvalue weighted by atomic mass is 79.9. The molecule has 1 atom stereocenters. The number of carbonyl (C=O) groups excluding carboxylic acids is 1. The van der Waals surface area contributed by atoms with E-state index in [-0.39, 0.29) is 11.7 Å². The number of phenolic OH excluding ortho intramolecular Hbond substituents is 1. The van der Waals surface area contributed by atoms with Gasteiger partial charge in [0.25, 0.3) is 5.91 Å². The molecule has 1 unspecified atom stereocenters. The molecule has 1 aliphatic rings. The third kappa shape index (κ3) is 3.42. The SMILES string of the molecule is COc1cc(CNC(=O)C2Cc3cc(Br)ccc3O2)ccc1O. The summed E-state index contributed by atoms with van der Waals surface area (Å²) in [5.74, 6) is 1.04. The highest BCUT2D eigenvalue weighted by Crippen LogP contribution is 2.31. The van der Waals surface area contributed by atoms with E-state index in [1.165, 1.54) is 7.11 Å². The Morgan fingerprint density at radius 2 is 2.22 bits per heavy atom. The first-order valence-electron chi connectivity index (χ1n) is 7.15. The van der Waals surface area contributed by atoms with Gasteiger partial charge in [0.2, 0.25) is 0 Å². The smallest absolute Gasteiger partial charge is 0.261 e. The summed E-state index contributed by atoms with van der Waals surface area (Å²) in [4.78, 5) is 12.3. The second-order valence-electron chi connectivity index (χ2n) is 5.29. The molecule has 0 bridgehead atoms. The molecule has 0 saturated heterocycles. The summed E-state index contributed by atoms with van der Waals surface area (Å²) in [6, 6.07) is 10.7. The topological polar surface area (TPSA) is 67.8 Å². The fourth-order valence-corrected chi connectivity index (χ4v) is 2.91. The van der Waals surface area contributed by atoms with Crippen molar-refractivity contribution in [3.05, 3.63) is 52.0 Å². The van der Waals surface area contributed by atoms with Crippen LogP contribution in [0.15, 0.2) is 40.9 Å². The number of hydrogen-bond acceptors (Lipinski definition) is 4. The Morgan fingerprint density at radius 1 is 1.39 bits per heavy atom. The van der Waals surface area contributed by atoms with Gasteiger partial charge in [-0.05, 0) is 41.5 Å². The number of ether oxygens (including phenoxy) is 2. The van der Waals surface area contributed by atoms with E-state index in [1.807, 2.05) is 18.2 Å². The van der Waals surface area contributed by atoms with E-state index in [9.17, 15) is 9.90 Å². The average Bonchev–Trinajstić information content (AvgIpc) is 2.97. The minimum atomic E-state index is -0.515. The molecule has 0 aliphatic carbocycles. The molecule has 5 nitrogen and oxygen atoms in total. The zero-order chi connectivity index (χ0) is 16.4. The summed E-state index contributed by atoms with van der Waals surface area (Å²) in [6.45, 7) is 0.343. The molecule has 0 saturated carbocycles. The van der Waals surface area contributed by atoms with Gasteiger partial charge in [-0.1, -0.05) is 22.0 Å². The van der Waals surface area contributed by atoms with Crippen LogP contribution in [0.2, 0.25) is 0 Å². The summed E-state index contributed by atoms with van der Waals surface area (Å²) in [6.07, 6.45) is 0.0396. The molecule has 2 aromatic rings. The summed E-state index contributed by atoms with van der Waals surface area (Å²) in [5, 5.41) is 12.4. The number of fused-ring (bicyclic) bond motifs is 1. The van der Waals surface area contributed by atoms with E-state index in [4.69, 9.17) is 9.47 Å². The molecule has 2 N–H and O–H groups in total. The number of aromatic hydroxyl groups is 1. The van der Waals surface area contributed by atoms with Crippen LogP contribution in [-0.2, 0) is 17.8 Å². The molecule has 0 radical (unpaired) electrons. The molecule has 1 heterocycles. The van der Waals surface area contributed by atoms with Crippen LogP contribution in [0.3, 0.4) is 0 Å². The Morgan fingerprint density at radius 3 is 3.00 bits per heavy atom. The van der Waals surface area contributed by atoms with Gasteiger partial charge in [0.15, 0.2) is 17.6 Å². The molecule has 23 heavy (non-hydrogen) atoms. The number of methoxy groups -OCH3 is 1. The highest BCUT2D eigenvalue weighted by molar-refractivity contribution is 9.10. The van der Waals surface area contributed by atoms with E-state index < -0.39 is 6.10 Å². The molecule has 6 heteroatoms. The molecule has 1 amide bonds. The van der Waals surface area contributed by atoms with Crippen LogP contribution in [-0.4, -0.2) is 24.2 Å². The number of hydrogen-bond donors (Lipinski definition) is 2. The maximum Gasteiger partial charge on any atom is 0.261 e. The monoisotopic (exact) mass is 377 g/mol. The van der Waals surface area contributed by atoms with Gasteiger partial charge >= 0.3 is 0 Å². The van der Waals surface area contributed by atoms with Gasteiger partial charge < -0.3 is 19.9 Å². The van der Waals surface area contributed by atoms with Crippen molar-refractivity contribution >= 4 is 21.8 Å². The van der Waals surface area contributed by atoms with Crippen molar-refractivity contribution in [3.8, 4) is 17.2 Å². The second kappa shape index (κ2) is 6.50. The van der Waals surface area contributed by atoms with Crippen LogP contribution < -0.4 is 14.8 Å². The Bertz CT molecular complexity index is 747. The number of rotatable bonds is 4. The van der Waals surface area contributed by atoms with Crippen LogP contribution in [0, 0.1) is 0 Å². The standard InChI is InChI=1S/C17H16BrNO4/c1-22-15-6-10(2-4-13(15)20)9-19-17(21)16-8-11-7-12(18)3-5-14(11)23-16/h2-7,16,20H,8-9H2,1H3,(H,19,21). The van der Waals surface area contributed by atoms with Crippen LogP contribution in [0.5, 0.6) is 17.2 Å². The normalized spacial score (nSPS) is 15.7. The summed E-state index contributed by atoms with van der Waals surface area (Å²) in [5.41, 5.74) is 1.86. The number of halogens is 1. The lowest BCUT2D eigenvalue weighted by molar-refractivity contribution is -0.127. The number of benzene rings is 2. The van der Waals surface area contributed by atoms with Gasteiger partial charge in [0, 0.05) is 17.4 Å². The fourth-order valence-electron chi connectivity index (χ4n) is 2.50. The van der Waals surface area contributed by atoms with E-state index in [0.717, 1.165) is 21.3 Å². The van der Waals surface area contributed by atoms with Crippen LogP contribution in [0.4, 0.5) is 0 Å². The van der Waals surface area contributed by atoms with Gasteiger partial charge in [0.05, 0.1) is 7.11 Å². The summed E-state index contributed by atoms with van der Waals surface area (Å²) >= 11 is 3.41. The Balaban J connectivity index is 1.61. The Labute approximate surface area is 142 Å².